The Bertz CT molecular complexity index is 868. The van der Waals surface area contributed by atoms with E-state index in [0.717, 1.165) is 5.56 Å². The number of nitrogens with one attached hydrogen (secondary N) is 2. The first-order valence-electron chi connectivity index (χ1n) is 8.97. The highest BCUT2D eigenvalue weighted by atomic mass is 32.2. The van der Waals surface area contributed by atoms with Crippen molar-refractivity contribution >= 4 is 15.8 Å². The highest BCUT2D eigenvalue weighted by molar-refractivity contribution is 7.91. The van der Waals surface area contributed by atoms with Crippen molar-refractivity contribution in [2.45, 2.75) is 31.7 Å². The van der Waals surface area contributed by atoms with Crippen LogP contribution < -0.4 is 10.6 Å². The average molecular weight is 392 g/mol. The molecule has 2 rings (SSSR count). The van der Waals surface area contributed by atoms with Gasteiger partial charge in [-0.15, -0.1) is 0 Å². The van der Waals surface area contributed by atoms with Gasteiger partial charge in [0.25, 0.3) is 0 Å². The number of hydrogen-bond donors (Lipinski definition) is 2. The number of sulfone groups is 1. The van der Waals surface area contributed by atoms with Crippen LogP contribution in [0.1, 0.15) is 24.5 Å². The second-order valence-electron chi connectivity index (χ2n) is 6.19. The van der Waals surface area contributed by atoms with Gasteiger partial charge in [0, 0.05) is 13.1 Å². The Morgan fingerprint density at radius 2 is 1.85 bits per heavy atom. The molecule has 27 heavy (non-hydrogen) atoms. The molecule has 0 aliphatic carbocycles. The number of hydrogen-bond acceptors (Lipinski definition) is 3. The fraction of sp³-hybridized carbons (Fsp3) is 0.350. The van der Waals surface area contributed by atoms with Crippen molar-refractivity contribution in [3.05, 3.63) is 65.5 Å². The van der Waals surface area contributed by atoms with Gasteiger partial charge in [-0.1, -0.05) is 30.3 Å². The Labute approximate surface area is 160 Å². The average Bonchev–Trinajstić information content (AvgIpc) is 2.66. The van der Waals surface area contributed by atoms with E-state index in [0.29, 0.717) is 42.5 Å². The molecule has 0 unspecified atom stereocenters. The minimum atomic E-state index is -3.28. The molecule has 0 bridgehead atoms. The molecule has 2 aromatic rings. The zero-order chi connectivity index (χ0) is 19.7. The molecule has 5 nitrogen and oxygen atoms in total. The van der Waals surface area contributed by atoms with Crippen LogP contribution in [0.5, 0.6) is 0 Å². The number of nitrogens with zero attached hydrogens (tertiary/aromatic N) is 1. The second kappa shape index (κ2) is 10.1. The SMILES string of the molecule is CCNC(=NCc1ccc(C)c(F)c1)NCCCS(=O)(=O)c1ccccc1. The Hall–Kier alpha value is -2.41. The van der Waals surface area contributed by atoms with Gasteiger partial charge in [0.15, 0.2) is 15.8 Å². The smallest absolute Gasteiger partial charge is 0.191 e. The maximum Gasteiger partial charge on any atom is 0.191 e. The van der Waals surface area contributed by atoms with Crippen molar-refractivity contribution in [2.24, 2.45) is 4.99 Å². The first-order chi connectivity index (χ1) is 12.9. The molecule has 0 heterocycles. The topological polar surface area (TPSA) is 70.6 Å². The molecule has 7 heteroatoms. The maximum absolute atomic E-state index is 13.6. The molecule has 0 amide bonds. The summed E-state index contributed by atoms with van der Waals surface area (Å²) in [5, 5.41) is 6.23. The number of benzene rings is 2. The fourth-order valence-electron chi connectivity index (χ4n) is 2.46. The Morgan fingerprint density at radius 1 is 1.11 bits per heavy atom. The third-order valence-corrected chi connectivity index (χ3v) is 5.80. The van der Waals surface area contributed by atoms with Crippen molar-refractivity contribution < 1.29 is 12.8 Å². The monoisotopic (exact) mass is 391 g/mol. The van der Waals surface area contributed by atoms with Gasteiger partial charge in [-0.25, -0.2) is 17.8 Å². The number of rotatable bonds is 8. The molecule has 0 saturated heterocycles. The molecular weight excluding hydrogens is 365 g/mol. The van der Waals surface area contributed by atoms with Crippen LogP contribution in [0.2, 0.25) is 0 Å². The Balaban J connectivity index is 1.87. The van der Waals surface area contributed by atoms with Gasteiger partial charge in [0.1, 0.15) is 5.82 Å². The van der Waals surface area contributed by atoms with Gasteiger partial charge in [0.2, 0.25) is 0 Å². The molecule has 0 fully saturated rings. The minimum Gasteiger partial charge on any atom is -0.357 e. The van der Waals surface area contributed by atoms with Crippen LogP contribution in [-0.4, -0.2) is 33.2 Å². The zero-order valence-corrected chi connectivity index (χ0v) is 16.5. The largest absolute Gasteiger partial charge is 0.357 e. The number of halogens is 1. The summed E-state index contributed by atoms with van der Waals surface area (Å²) in [6.45, 7) is 5.16. The van der Waals surface area contributed by atoms with Crippen molar-refractivity contribution in [3.63, 3.8) is 0 Å². The van der Waals surface area contributed by atoms with E-state index >= 15 is 0 Å². The minimum absolute atomic E-state index is 0.0621. The number of aryl methyl sites for hydroxylation is 1. The zero-order valence-electron chi connectivity index (χ0n) is 15.7. The standard InChI is InChI=1S/C20H26FN3O2S/c1-3-22-20(24-15-17-11-10-16(2)19(21)14-17)23-12-7-13-27(25,26)18-8-5-4-6-9-18/h4-6,8-11,14H,3,7,12-13,15H2,1-2H3,(H2,22,23,24). The van der Waals surface area contributed by atoms with E-state index in [4.69, 9.17) is 0 Å². The van der Waals surface area contributed by atoms with Crippen molar-refractivity contribution in [1.82, 2.24) is 10.6 Å². The van der Waals surface area contributed by atoms with Crippen molar-refractivity contribution in [2.75, 3.05) is 18.8 Å². The van der Waals surface area contributed by atoms with Crippen molar-refractivity contribution in [1.29, 1.82) is 0 Å². The summed E-state index contributed by atoms with van der Waals surface area (Å²) in [6, 6.07) is 13.5. The highest BCUT2D eigenvalue weighted by Gasteiger charge is 2.13. The second-order valence-corrected chi connectivity index (χ2v) is 8.30. The molecule has 0 aliphatic rings. The molecule has 0 radical (unpaired) electrons. The summed E-state index contributed by atoms with van der Waals surface area (Å²) in [6.07, 6.45) is 0.459. The van der Waals surface area contributed by atoms with Crippen LogP contribution in [0.3, 0.4) is 0 Å². The number of guanidine groups is 1. The van der Waals surface area contributed by atoms with Gasteiger partial charge in [-0.05, 0) is 49.6 Å². The van der Waals surface area contributed by atoms with E-state index in [1.54, 1.807) is 43.3 Å². The number of aliphatic imine (C=N–C) groups is 1. The predicted molar refractivity (Wildman–Crippen MR) is 107 cm³/mol. The van der Waals surface area contributed by atoms with Gasteiger partial charge < -0.3 is 10.6 Å². The van der Waals surface area contributed by atoms with E-state index in [9.17, 15) is 12.8 Å². The summed E-state index contributed by atoms with van der Waals surface area (Å²) in [5.74, 6) is 0.398. The molecule has 146 valence electrons. The van der Waals surface area contributed by atoms with E-state index in [-0.39, 0.29) is 11.6 Å². The van der Waals surface area contributed by atoms with Crippen LogP contribution >= 0.6 is 0 Å². The molecule has 0 aliphatic heterocycles. The predicted octanol–water partition coefficient (Wildman–Crippen LogP) is 3.05. The lowest BCUT2D eigenvalue weighted by Crippen LogP contribution is -2.38. The van der Waals surface area contributed by atoms with Crippen molar-refractivity contribution in [3.8, 4) is 0 Å². The van der Waals surface area contributed by atoms with Gasteiger partial charge in [0.05, 0.1) is 17.2 Å². The normalized spacial score (nSPS) is 12.0. The third kappa shape index (κ3) is 6.67. The molecular formula is C20H26FN3O2S. The summed E-state index contributed by atoms with van der Waals surface area (Å²) < 4.78 is 38.1. The quantitative estimate of drug-likeness (QED) is 0.412. The van der Waals surface area contributed by atoms with Gasteiger partial charge in [-0.3, -0.25) is 0 Å². The Kier molecular flexibility index (Phi) is 7.79. The summed E-state index contributed by atoms with van der Waals surface area (Å²) in [5.41, 5.74) is 1.38. The summed E-state index contributed by atoms with van der Waals surface area (Å²) in [7, 11) is -3.28. The van der Waals surface area contributed by atoms with E-state index in [1.807, 2.05) is 13.0 Å². The van der Waals surface area contributed by atoms with Crippen LogP contribution in [0, 0.1) is 12.7 Å². The summed E-state index contributed by atoms with van der Waals surface area (Å²) >= 11 is 0. The van der Waals surface area contributed by atoms with E-state index in [1.165, 1.54) is 6.07 Å². The molecule has 0 aromatic heterocycles. The lowest BCUT2D eigenvalue weighted by molar-refractivity contribution is 0.592. The third-order valence-electron chi connectivity index (χ3n) is 3.98. The molecule has 2 N–H and O–H groups in total. The lowest BCUT2D eigenvalue weighted by Gasteiger charge is -2.11. The first-order valence-corrected chi connectivity index (χ1v) is 10.6. The molecule has 0 atom stereocenters. The highest BCUT2D eigenvalue weighted by Crippen LogP contribution is 2.11. The Morgan fingerprint density at radius 3 is 2.52 bits per heavy atom. The molecule has 0 saturated carbocycles. The molecule has 2 aromatic carbocycles. The van der Waals surface area contributed by atoms with Crippen LogP contribution in [0.4, 0.5) is 4.39 Å². The molecule has 0 spiro atoms. The lowest BCUT2D eigenvalue weighted by atomic mass is 10.1. The van der Waals surface area contributed by atoms with Crippen LogP contribution in [0.25, 0.3) is 0 Å². The van der Waals surface area contributed by atoms with Gasteiger partial charge >= 0.3 is 0 Å². The first kappa shape index (κ1) is 20.9. The van der Waals surface area contributed by atoms with Gasteiger partial charge in [-0.2, -0.15) is 0 Å². The van der Waals surface area contributed by atoms with E-state index in [2.05, 4.69) is 15.6 Å². The van der Waals surface area contributed by atoms with E-state index < -0.39 is 9.84 Å². The fourth-order valence-corrected chi connectivity index (χ4v) is 3.79. The van der Waals surface area contributed by atoms with Crippen LogP contribution in [0.15, 0.2) is 58.4 Å². The van der Waals surface area contributed by atoms with Crippen LogP contribution in [-0.2, 0) is 16.4 Å². The maximum atomic E-state index is 13.6. The summed E-state index contributed by atoms with van der Waals surface area (Å²) in [4.78, 5) is 4.76.